The van der Waals surface area contributed by atoms with E-state index in [4.69, 9.17) is 28.6 Å². The van der Waals surface area contributed by atoms with Crippen molar-refractivity contribution >= 4 is 39.7 Å². The number of hydrogen-bond donors (Lipinski definition) is 1. The SMILES string of the molecule is COCc1[nH]c(Cc2cccc(Cl)c2F)nc(=S)c1Br. The zero-order valence-corrected chi connectivity index (χ0v) is 13.7. The number of benzene rings is 1. The summed E-state index contributed by atoms with van der Waals surface area (Å²) in [5.41, 5.74) is 1.23. The highest BCUT2D eigenvalue weighted by molar-refractivity contribution is 9.10. The Bertz CT molecular complexity index is 693. The zero-order valence-electron chi connectivity index (χ0n) is 10.5. The maximum absolute atomic E-state index is 13.9. The Hall–Kier alpha value is -0.820. The number of halogens is 3. The lowest BCUT2D eigenvalue weighted by Crippen LogP contribution is -2.04. The van der Waals surface area contributed by atoms with Gasteiger partial charge in [0, 0.05) is 13.5 Å². The van der Waals surface area contributed by atoms with E-state index >= 15 is 0 Å². The second-order valence-electron chi connectivity index (χ2n) is 4.10. The van der Waals surface area contributed by atoms with Gasteiger partial charge in [-0.25, -0.2) is 9.37 Å². The Labute approximate surface area is 134 Å². The van der Waals surface area contributed by atoms with Gasteiger partial charge < -0.3 is 9.72 Å². The highest BCUT2D eigenvalue weighted by atomic mass is 79.9. The Morgan fingerprint density at radius 2 is 2.25 bits per heavy atom. The summed E-state index contributed by atoms with van der Waals surface area (Å²) < 4.78 is 20.1. The van der Waals surface area contributed by atoms with Gasteiger partial charge in [-0.2, -0.15) is 0 Å². The summed E-state index contributed by atoms with van der Waals surface area (Å²) >= 11 is 14.3. The predicted molar refractivity (Wildman–Crippen MR) is 82.1 cm³/mol. The third kappa shape index (κ3) is 3.44. The van der Waals surface area contributed by atoms with Crippen molar-refractivity contribution in [3.05, 3.63) is 55.2 Å². The van der Waals surface area contributed by atoms with Crippen molar-refractivity contribution in [1.29, 1.82) is 0 Å². The summed E-state index contributed by atoms with van der Waals surface area (Å²) in [5.74, 6) is 0.123. The summed E-state index contributed by atoms with van der Waals surface area (Å²) in [7, 11) is 1.58. The van der Waals surface area contributed by atoms with Crippen LogP contribution < -0.4 is 0 Å². The molecule has 0 radical (unpaired) electrons. The summed E-state index contributed by atoms with van der Waals surface area (Å²) in [6.07, 6.45) is 0.278. The molecule has 0 aliphatic carbocycles. The summed E-state index contributed by atoms with van der Waals surface area (Å²) in [4.78, 5) is 7.32. The molecule has 0 fully saturated rings. The molecular weight excluding hydrogens is 367 g/mol. The molecule has 0 saturated carbocycles. The van der Waals surface area contributed by atoms with E-state index in [1.807, 2.05) is 0 Å². The monoisotopic (exact) mass is 376 g/mol. The molecule has 0 spiro atoms. The van der Waals surface area contributed by atoms with Crippen molar-refractivity contribution in [1.82, 2.24) is 9.97 Å². The molecule has 2 aromatic rings. The highest BCUT2D eigenvalue weighted by Gasteiger charge is 2.11. The first-order chi connectivity index (χ1) is 9.52. The second-order valence-corrected chi connectivity index (χ2v) is 5.69. The topological polar surface area (TPSA) is 37.9 Å². The number of nitrogens with one attached hydrogen (secondary N) is 1. The fraction of sp³-hybridized carbons (Fsp3) is 0.231. The van der Waals surface area contributed by atoms with Crippen LogP contribution in [0.25, 0.3) is 0 Å². The van der Waals surface area contributed by atoms with Gasteiger partial charge in [-0.05, 0) is 27.6 Å². The Morgan fingerprint density at radius 3 is 2.95 bits per heavy atom. The fourth-order valence-electron chi connectivity index (χ4n) is 1.75. The van der Waals surface area contributed by atoms with Crippen LogP contribution in [0.5, 0.6) is 0 Å². The minimum atomic E-state index is -0.438. The fourth-order valence-corrected chi connectivity index (χ4v) is 2.48. The van der Waals surface area contributed by atoms with Crippen LogP contribution in [-0.4, -0.2) is 17.1 Å². The number of aromatic amines is 1. The van der Waals surface area contributed by atoms with Gasteiger partial charge in [-0.1, -0.05) is 36.0 Å². The minimum absolute atomic E-state index is 0.0929. The van der Waals surface area contributed by atoms with Gasteiger partial charge in [0.1, 0.15) is 16.3 Å². The van der Waals surface area contributed by atoms with Crippen molar-refractivity contribution in [3.8, 4) is 0 Å². The second kappa shape index (κ2) is 6.76. The summed E-state index contributed by atoms with van der Waals surface area (Å²) in [5, 5.41) is 0.0929. The normalized spacial score (nSPS) is 10.8. The largest absolute Gasteiger partial charge is 0.378 e. The molecule has 0 atom stereocenters. The molecule has 0 aliphatic rings. The number of aromatic nitrogens is 2. The Kier molecular flexibility index (Phi) is 5.26. The molecule has 1 aromatic carbocycles. The smallest absolute Gasteiger partial charge is 0.145 e. The van der Waals surface area contributed by atoms with Gasteiger partial charge in [0.15, 0.2) is 0 Å². The van der Waals surface area contributed by atoms with Gasteiger partial charge in [0.2, 0.25) is 0 Å². The molecule has 0 aliphatic heterocycles. The van der Waals surface area contributed by atoms with Crippen LogP contribution in [0.15, 0.2) is 22.7 Å². The van der Waals surface area contributed by atoms with E-state index in [2.05, 4.69) is 25.9 Å². The molecule has 0 saturated heterocycles. The molecule has 3 nitrogen and oxygen atoms in total. The van der Waals surface area contributed by atoms with E-state index < -0.39 is 5.82 Å². The average molecular weight is 378 g/mol. The molecular formula is C13H11BrClFN2OS. The van der Waals surface area contributed by atoms with Gasteiger partial charge in [0.25, 0.3) is 0 Å². The first kappa shape index (κ1) is 15.6. The van der Waals surface area contributed by atoms with Crippen molar-refractivity contribution in [2.75, 3.05) is 7.11 Å². The maximum Gasteiger partial charge on any atom is 0.145 e. The molecule has 7 heteroatoms. The number of rotatable bonds is 4. The zero-order chi connectivity index (χ0) is 14.7. The number of hydrogen-bond acceptors (Lipinski definition) is 3. The molecule has 0 amide bonds. The molecule has 0 bridgehead atoms. The van der Waals surface area contributed by atoms with Crippen LogP contribution in [0.3, 0.4) is 0 Å². The lowest BCUT2D eigenvalue weighted by atomic mass is 10.1. The highest BCUT2D eigenvalue weighted by Crippen LogP contribution is 2.21. The van der Waals surface area contributed by atoms with Crippen LogP contribution in [0.2, 0.25) is 5.02 Å². The van der Waals surface area contributed by atoms with Gasteiger partial charge in [-0.15, -0.1) is 0 Å². The van der Waals surface area contributed by atoms with Crippen LogP contribution in [0.1, 0.15) is 17.1 Å². The first-order valence-corrected chi connectivity index (χ1v) is 7.30. The predicted octanol–water partition coefficient (Wildman–Crippen LogP) is 4.43. The van der Waals surface area contributed by atoms with Gasteiger partial charge >= 0.3 is 0 Å². The number of H-pyrrole nitrogens is 1. The first-order valence-electron chi connectivity index (χ1n) is 5.72. The molecule has 1 N–H and O–H groups in total. The number of methoxy groups -OCH3 is 1. The summed E-state index contributed by atoms with van der Waals surface area (Å²) in [6.45, 7) is 0.359. The van der Waals surface area contributed by atoms with Gasteiger partial charge in [-0.3, -0.25) is 0 Å². The average Bonchev–Trinajstić information content (AvgIpc) is 2.41. The van der Waals surface area contributed by atoms with Crippen LogP contribution in [0.4, 0.5) is 4.39 Å². The lowest BCUT2D eigenvalue weighted by molar-refractivity contribution is 0.180. The van der Waals surface area contributed by atoms with Crippen LogP contribution >= 0.6 is 39.7 Å². The lowest BCUT2D eigenvalue weighted by Gasteiger charge is -2.09. The van der Waals surface area contributed by atoms with Crippen molar-refractivity contribution < 1.29 is 9.13 Å². The maximum atomic E-state index is 13.9. The van der Waals surface area contributed by atoms with Crippen LogP contribution in [0, 0.1) is 10.5 Å². The van der Waals surface area contributed by atoms with Crippen LogP contribution in [-0.2, 0) is 17.8 Å². The molecule has 1 heterocycles. The van der Waals surface area contributed by atoms with Crippen molar-refractivity contribution in [2.24, 2.45) is 0 Å². The number of ether oxygens (including phenoxy) is 1. The quantitative estimate of drug-likeness (QED) is 0.801. The van der Waals surface area contributed by atoms with E-state index in [1.165, 1.54) is 6.07 Å². The standard InChI is InChI=1S/C13H11BrClFN2OS/c1-19-6-9-11(14)13(20)18-10(17-9)5-7-3-2-4-8(15)12(7)16/h2-4H,5-6H2,1H3,(H,17,18,20). The van der Waals surface area contributed by atoms with E-state index in [9.17, 15) is 4.39 Å². The summed E-state index contributed by atoms with van der Waals surface area (Å²) in [6, 6.07) is 4.87. The third-order valence-corrected chi connectivity index (χ3v) is 4.37. The van der Waals surface area contributed by atoms with E-state index in [0.717, 1.165) is 5.69 Å². The molecule has 1 aromatic heterocycles. The molecule has 106 valence electrons. The third-order valence-electron chi connectivity index (χ3n) is 2.66. The molecule has 0 unspecified atom stereocenters. The minimum Gasteiger partial charge on any atom is -0.378 e. The van der Waals surface area contributed by atoms with Gasteiger partial charge in [0.05, 0.1) is 21.8 Å². The molecule has 2 rings (SSSR count). The van der Waals surface area contributed by atoms with E-state index in [1.54, 1.807) is 19.2 Å². The van der Waals surface area contributed by atoms with Crippen molar-refractivity contribution in [3.63, 3.8) is 0 Å². The Balaban J connectivity index is 2.39. The van der Waals surface area contributed by atoms with Crippen molar-refractivity contribution in [2.45, 2.75) is 13.0 Å². The number of nitrogens with zero attached hydrogens (tertiary/aromatic N) is 1. The Morgan fingerprint density at radius 1 is 1.50 bits per heavy atom. The van der Waals surface area contributed by atoms with E-state index in [0.29, 0.717) is 27.1 Å². The van der Waals surface area contributed by atoms with E-state index in [-0.39, 0.29) is 11.4 Å². The molecule has 20 heavy (non-hydrogen) atoms.